The van der Waals surface area contributed by atoms with Gasteiger partial charge in [-0.3, -0.25) is 4.79 Å². The smallest absolute Gasteiger partial charge is 0.253 e. The van der Waals surface area contributed by atoms with Crippen molar-refractivity contribution in [2.45, 2.75) is 49.5 Å². The van der Waals surface area contributed by atoms with E-state index in [0.29, 0.717) is 11.5 Å². The van der Waals surface area contributed by atoms with Crippen LogP contribution in [0.4, 0.5) is 0 Å². The van der Waals surface area contributed by atoms with E-state index in [1.165, 1.54) is 55.1 Å². The minimum absolute atomic E-state index is 0.0915. The maximum Gasteiger partial charge on any atom is 0.253 e. The third kappa shape index (κ3) is 6.71. The molecule has 1 aliphatic carbocycles. The van der Waals surface area contributed by atoms with E-state index in [2.05, 4.69) is 36.4 Å². The summed E-state index contributed by atoms with van der Waals surface area (Å²) in [5.74, 6) is 1.27. The van der Waals surface area contributed by atoms with Gasteiger partial charge in [-0.15, -0.1) is 0 Å². The summed E-state index contributed by atoms with van der Waals surface area (Å²) in [4.78, 5) is 14.5. The number of ether oxygens (including phenoxy) is 1. The van der Waals surface area contributed by atoms with E-state index in [9.17, 15) is 13.2 Å². The molecule has 41 heavy (non-hydrogen) atoms. The van der Waals surface area contributed by atoms with Gasteiger partial charge in [0.1, 0.15) is 12.4 Å². The first kappa shape index (κ1) is 28.6. The largest absolute Gasteiger partial charge is 0.489 e. The molecule has 0 heterocycles. The molecule has 0 bridgehead atoms. The van der Waals surface area contributed by atoms with Crippen LogP contribution in [0.2, 0.25) is 0 Å². The van der Waals surface area contributed by atoms with Crippen molar-refractivity contribution in [2.24, 2.45) is 0 Å². The molecule has 1 amide bonds. The van der Waals surface area contributed by atoms with Gasteiger partial charge < -0.3 is 9.64 Å². The number of carbonyl (C=O) groups is 1. The minimum atomic E-state index is -3.29. The Bertz CT molecular complexity index is 1620. The molecule has 0 N–H and O–H groups in total. The van der Waals surface area contributed by atoms with E-state index in [1.807, 2.05) is 24.3 Å². The molecular weight excluding hydrogens is 530 g/mol. The second kappa shape index (κ2) is 12.3. The third-order valence-corrected chi connectivity index (χ3v) is 9.05. The van der Waals surface area contributed by atoms with Crippen LogP contribution in [0.25, 0.3) is 22.3 Å². The normalized spacial score (nSPS) is 14.0. The van der Waals surface area contributed by atoms with Crippen molar-refractivity contribution in [1.82, 2.24) is 4.90 Å². The number of hydrogen-bond acceptors (Lipinski definition) is 4. The molecule has 0 spiro atoms. The van der Waals surface area contributed by atoms with Crippen LogP contribution in [0.1, 0.15) is 59.5 Å². The van der Waals surface area contributed by atoms with E-state index in [4.69, 9.17) is 4.74 Å². The van der Waals surface area contributed by atoms with Crippen LogP contribution >= 0.6 is 0 Å². The molecule has 4 aromatic rings. The second-order valence-corrected chi connectivity index (χ2v) is 13.1. The van der Waals surface area contributed by atoms with Crippen LogP contribution in [0.5, 0.6) is 5.75 Å². The molecule has 0 aliphatic heterocycles. The van der Waals surface area contributed by atoms with Crippen molar-refractivity contribution in [3.05, 3.63) is 108 Å². The summed E-state index contributed by atoms with van der Waals surface area (Å²) in [6.45, 7) is 0.260. The van der Waals surface area contributed by atoms with E-state index >= 15 is 0 Å². The highest BCUT2D eigenvalue weighted by Crippen LogP contribution is 2.38. The monoisotopic (exact) mass is 567 g/mol. The Kier molecular flexibility index (Phi) is 8.60. The SMILES string of the molecule is CN(C)C(=O)c1ccc(-c2ccc(S(C)(=O)=O)cc2)c(COc2ccc(-c3ccccc3C3CCCCC3)cc2)c1. The zero-order valence-electron chi connectivity index (χ0n) is 24.0. The molecule has 0 saturated heterocycles. The van der Waals surface area contributed by atoms with Crippen LogP contribution in [-0.2, 0) is 16.4 Å². The predicted octanol–water partition coefficient (Wildman–Crippen LogP) is 7.75. The van der Waals surface area contributed by atoms with E-state index in [-0.39, 0.29) is 17.4 Å². The molecule has 1 fully saturated rings. The molecule has 0 radical (unpaired) electrons. The number of sulfone groups is 1. The zero-order chi connectivity index (χ0) is 29.0. The number of carbonyl (C=O) groups excluding carboxylic acids is 1. The summed E-state index contributed by atoms with van der Waals surface area (Å²) in [5, 5.41) is 0. The molecule has 212 valence electrons. The second-order valence-electron chi connectivity index (χ2n) is 11.1. The first-order chi connectivity index (χ1) is 19.7. The van der Waals surface area contributed by atoms with Gasteiger partial charge in [0.2, 0.25) is 0 Å². The summed E-state index contributed by atoms with van der Waals surface area (Å²) in [5.41, 5.74) is 7.07. The van der Waals surface area contributed by atoms with Crippen LogP contribution < -0.4 is 4.74 Å². The first-order valence-corrected chi connectivity index (χ1v) is 16.1. The predicted molar refractivity (Wildman–Crippen MR) is 165 cm³/mol. The van der Waals surface area contributed by atoms with Crippen LogP contribution in [0.3, 0.4) is 0 Å². The van der Waals surface area contributed by atoms with Crippen molar-refractivity contribution in [2.75, 3.05) is 20.4 Å². The number of benzene rings is 4. The van der Waals surface area contributed by atoms with Gasteiger partial charge in [0, 0.05) is 25.9 Å². The fourth-order valence-electron chi connectivity index (χ4n) is 5.69. The van der Waals surface area contributed by atoms with Gasteiger partial charge in [-0.05, 0) is 88.5 Å². The molecule has 5 rings (SSSR count). The van der Waals surface area contributed by atoms with E-state index in [1.54, 1.807) is 49.3 Å². The Morgan fingerprint density at radius 3 is 2.10 bits per heavy atom. The Hall–Kier alpha value is -3.90. The first-order valence-electron chi connectivity index (χ1n) is 14.2. The molecule has 5 nitrogen and oxygen atoms in total. The highest BCUT2D eigenvalue weighted by molar-refractivity contribution is 7.90. The Labute approximate surface area is 243 Å². The number of amides is 1. The fraction of sp³-hybridized carbons (Fsp3) is 0.286. The zero-order valence-corrected chi connectivity index (χ0v) is 24.8. The minimum Gasteiger partial charge on any atom is -0.489 e. The molecular formula is C35H37NO4S. The van der Waals surface area contributed by atoms with Gasteiger partial charge in [0.15, 0.2) is 9.84 Å². The van der Waals surface area contributed by atoms with Crippen molar-refractivity contribution in [1.29, 1.82) is 0 Å². The lowest BCUT2D eigenvalue weighted by Gasteiger charge is -2.24. The standard InChI is InChI=1S/C35H37NO4S/c1-36(2)35(37)28-17-22-32(26-15-20-31(21-16-26)41(3,38)39)29(23-28)24-40-30-18-13-27(14-19-30)34-12-8-7-11-33(34)25-9-5-4-6-10-25/h7-8,11-23,25H,4-6,9-10,24H2,1-3H3. The molecule has 0 unspecified atom stereocenters. The maximum absolute atomic E-state index is 12.7. The number of rotatable bonds is 8. The summed E-state index contributed by atoms with van der Waals surface area (Å²) in [6, 6.07) is 29.4. The lowest BCUT2D eigenvalue weighted by Crippen LogP contribution is -2.21. The molecule has 6 heteroatoms. The molecule has 4 aromatic carbocycles. The van der Waals surface area contributed by atoms with Gasteiger partial charge >= 0.3 is 0 Å². The van der Waals surface area contributed by atoms with Gasteiger partial charge in [-0.1, -0.05) is 73.9 Å². The van der Waals surface area contributed by atoms with Gasteiger partial charge in [-0.2, -0.15) is 0 Å². The highest BCUT2D eigenvalue weighted by Gasteiger charge is 2.19. The Morgan fingerprint density at radius 2 is 1.44 bits per heavy atom. The molecule has 0 aromatic heterocycles. The fourth-order valence-corrected chi connectivity index (χ4v) is 6.32. The molecule has 1 saturated carbocycles. The van der Waals surface area contributed by atoms with Crippen molar-refractivity contribution >= 4 is 15.7 Å². The quantitative estimate of drug-likeness (QED) is 0.218. The lowest BCUT2D eigenvalue weighted by atomic mass is 9.81. The van der Waals surface area contributed by atoms with Crippen LogP contribution in [0.15, 0.2) is 95.9 Å². The molecule has 1 aliphatic rings. The van der Waals surface area contributed by atoms with Crippen molar-refractivity contribution in [3.63, 3.8) is 0 Å². The van der Waals surface area contributed by atoms with Crippen LogP contribution in [-0.4, -0.2) is 39.6 Å². The maximum atomic E-state index is 12.7. The van der Waals surface area contributed by atoms with Crippen LogP contribution in [0, 0.1) is 0 Å². The Morgan fingerprint density at radius 1 is 0.805 bits per heavy atom. The summed E-state index contributed by atoms with van der Waals surface area (Å²) < 4.78 is 30.1. The summed E-state index contributed by atoms with van der Waals surface area (Å²) in [6.07, 6.45) is 7.65. The third-order valence-electron chi connectivity index (χ3n) is 7.92. The number of hydrogen-bond donors (Lipinski definition) is 0. The Balaban J connectivity index is 1.39. The van der Waals surface area contributed by atoms with E-state index in [0.717, 1.165) is 22.4 Å². The average Bonchev–Trinajstić information content (AvgIpc) is 3.00. The lowest BCUT2D eigenvalue weighted by molar-refractivity contribution is 0.0827. The van der Waals surface area contributed by atoms with Crippen molar-refractivity contribution in [3.8, 4) is 28.0 Å². The van der Waals surface area contributed by atoms with Gasteiger partial charge in [-0.25, -0.2) is 8.42 Å². The van der Waals surface area contributed by atoms with E-state index < -0.39 is 9.84 Å². The summed E-state index contributed by atoms with van der Waals surface area (Å²) in [7, 11) is 0.159. The van der Waals surface area contributed by atoms with Gasteiger partial charge in [0.25, 0.3) is 5.91 Å². The van der Waals surface area contributed by atoms with Gasteiger partial charge in [0.05, 0.1) is 4.90 Å². The number of nitrogens with zero attached hydrogens (tertiary/aromatic N) is 1. The average molecular weight is 568 g/mol. The highest BCUT2D eigenvalue weighted by atomic mass is 32.2. The topological polar surface area (TPSA) is 63.7 Å². The summed E-state index contributed by atoms with van der Waals surface area (Å²) >= 11 is 0. The molecule has 0 atom stereocenters. The van der Waals surface area contributed by atoms with Crippen molar-refractivity contribution < 1.29 is 17.9 Å².